The number of hydrogen-bond acceptors (Lipinski definition) is 5. The molecule has 0 unspecified atom stereocenters. The number of hydrogen-bond donors (Lipinski definition) is 0. The maximum absolute atomic E-state index is 4.56. The van der Waals surface area contributed by atoms with E-state index in [0.717, 1.165) is 49.8 Å². The molecule has 0 atom stereocenters. The van der Waals surface area contributed by atoms with Crippen molar-refractivity contribution >= 4 is 0 Å². The van der Waals surface area contributed by atoms with Gasteiger partial charge in [-0.15, -0.1) is 0 Å². The highest BCUT2D eigenvalue weighted by atomic mass is 15.2. The summed E-state index contributed by atoms with van der Waals surface area (Å²) < 4.78 is 0. The molecule has 0 bridgehead atoms. The average Bonchev–Trinajstić information content (AvgIpc) is 2.66. The van der Waals surface area contributed by atoms with Crippen LogP contribution in [0.5, 0.6) is 0 Å². The SMILES string of the molecule is Cc1ccnc(CN(C)CCN(Cc2cc(C)ccn2)Cc2cc(C)ccn2)c1. The largest absolute Gasteiger partial charge is 0.299 e. The molecular weight excluding hydrogens is 358 g/mol. The zero-order valence-electron chi connectivity index (χ0n) is 18.0. The van der Waals surface area contributed by atoms with Crippen molar-refractivity contribution in [2.75, 3.05) is 20.1 Å². The summed E-state index contributed by atoms with van der Waals surface area (Å²) in [7, 11) is 2.15. The third-order valence-corrected chi connectivity index (χ3v) is 4.92. The minimum atomic E-state index is 0.813. The van der Waals surface area contributed by atoms with Gasteiger partial charge in [0.2, 0.25) is 0 Å². The summed E-state index contributed by atoms with van der Waals surface area (Å²) in [6, 6.07) is 12.6. The lowest BCUT2D eigenvalue weighted by Crippen LogP contribution is -2.33. The normalized spacial score (nSPS) is 11.4. The van der Waals surface area contributed by atoms with Gasteiger partial charge in [-0.2, -0.15) is 0 Å². The van der Waals surface area contributed by atoms with Crippen LogP contribution in [-0.4, -0.2) is 44.9 Å². The van der Waals surface area contributed by atoms with Crippen LogP contribution >= 0.6 is 0 Å². The van der Waals surface area contributed by atoms with E-state index in [1.165, 1.54) is 16.7 Å². The number of aromatic nitrogens is 3. The molecule has 0 saturated heterocycles. The standard InChI is InChI=1S/C24H31N5/c1-19-5-8-25-22(13-19)16-28(4)11-12-29(17-23-14-20(2)6-9-26-23)18-24-15-21(3)7-10-27-24/h5-10,13-15H,11-12,16-18H2,1-4H3. The highest BCUT2D eigenvalue weighted by Crippen LogP contribution is 2.10. The first kappa shape index (κ1) is 21.1. The van der Waals surface area contributed by atoms with E-state index in [1.54, 1.807) is 0 Å². The van der Waals surface area contributed by atoms with E-state index in [4.69, 9.17) is 0 Å². The predicted octanol–water partition coefficient (Wildman–Crippen LogP) is 3.93. The first-order valence-electron chi connectivity index (χ1n) is 10.1. The molecule has 3 aromatic rings. The molecule has 0 spiro atoms. The zero-order valence-corrected chi connectivity index (χ0v) is 18.0. The van der Waals surface area contributed by atoms with Crippen molar-refractivity contribution in [1.82, 2.24) is 24.8 Å². The van der Waals surface area contributed by atoms with E-state index in [2.05, 4.69) is 70.8 Å². The minimum Gasteiger partial charge on any atom is -0.299 e. The van der Waals surface area contributed by atoms with Gasteiger partial charge in [0.05, 0.1) is 17.1 Å². The Labute approximate surface area is 174 Å². The van der Waals surface area contributed by atoms with E-state index in [9.17, 15) is 0 Å². The second kappa shape index (κ2) is 10.2. The molecule has 5 heteroatoms. The summed E-state index contributed by atoms with van der Waals surface area (Å²) in [5.41, 5.74) is 7.04. The van der Waals surface area contributed by atoms with Gasteiger partial charge in [-0.1, -0.05) is 0 Å². The number of pyridine rings is 3. The van der Waals surface area contributed by atoms with E-state index in [0.29, 0.717) is 0 Å². The Morgan fingerprint density at radius 3 is 1.45 bits per heavy atom. The van der Waals surface area contributed by atoms with Crippen molar-refractivity contribution in [2.24, 2.45) is 0 Å². The molecule has 0 N–H and O–H groups in total. The predicted molar refractivity (Wildman–Crippen MR) is 117 cm³/mol. The molecule has 0 aliphatic rings. The van der Waals surface area contributed by atoms with Gasteiger partial charge in [0.1, 0.15) is 0 Å². The van der Waals surface area contributed by atoms with Gasteiger partial charge in [0, 0.05) is 51.3 Å². The molecule has 0 aliphatic heterocycles. The maximum atomic E-state index is 4.56. The quantitative estimate of drug-likeness (QED) is 0.555. The van der Waals surface area contributed by atoms with E-state index in [1.807, 2.05) is 36.8 Å². The molecule has 3 rings (SSSR count). The molecule has 3 heterocycles. The van der Waals surface area contributed by atoms with Gasteiger partial charge < -0.3 is 0 Å². The molecule has 29 heavy (non-hydrogen) atoms. The highest BCUT2D eigenvalue weighted by Gasteiger charge is 2.11. The second-order valence-electron chi connectivity index (χ2n) is 7.92. The minimum absolute atomic E-state index is 0.813. The molecule has 0 fully saturated rings. The Morgan fingerprint density at radius 1 is 0.621 bits per heavy atom. The second-order valence-corrected chi connectivity index (χ2v) is 7.92. The lowest BCUT2D eigenvalue weighted by atomic mass is 10.2. The van der Waals surface area contributed by atoms with Crippen molar-refractivity contribution in [1.29, 1.82) is 0 Å². The third kappa shape index (κ3) is 7.04. The molecule has 5 nitrogen and oxygen atoms in total. The summed E-state index contributed by atoms with van der Waals surface area (Å²) in [6.45, 7) is 10.7. The molecule has 0 aromatic carbocycles. The van der Waals surface area contributed by atoms with Gasteiger partial charge in [-0.3, -0.25) is 24.8 Å². The highest BCUT2D eigenvalue weighted by molar-refractivity contribution is 5.16. The number of aryl methyl sites for hydroxylation is 3. The van der Waals surface area contributed by atoms with Crippen LogP contribution < -0.4 is 0 Å². The summed E-state index contributed by atoms with van der Waals surface area (Å²) in [4.78, 5) is 18.3. The van der Waals surface area contributed by atoms with Gasteiger partial charge in [0.25, 0.3) is 0 Å². The van der Waals surface area contributed by atoms with Crippen LogP contribution in [0.4, 0.5) is 0 Å². The van der Waals surface area contributed by atoms with Gasteiger partial charge in [-0.05, 0) is 80.9 Å². The Balaban J connectivity index is 1.65. The molecule has 0 radical (unpaired) electrons. The lowest BCUT2D eigenvalue weighted by molar-refractivity contribution is 0.204. The Morgan fingerprint density at radius 2 is 1.03 bits per heavy atom. The molecule has 3 aromatic heterocycles. The van der Waals surface area contributed by atoms with E-state index < -0.39 is 0 Å². The fourth-order valence-electron chi connectivity index (χ4n) is 3.40. The molecule has 0 saturated carbocycles. The maximum Gasteiger partial charge on any atom is 0.0546 e. The van der Waals surface area contributed by atoms with E-state index in [-0.39, 0.29) is 0 Å². The molecule has 0 amide bonds. The number of nitrogens with zero attached hydrogens (tertiary/aromatic N) is 5. The van der Waals surface area contributed by atoms with Crippen LogP contribution in [0.15, 0.2) is 55.0 Å². The van der Waals surface area contributed by atoms with Crippen molar-refractivity contribution in [3.8, 4) is 0 Å². The van der Waals surface area contributed by atoms with Crippen LogP contribution in [0, 0.1) is 20.8 Å². The molecule has 152 valence electrons. The first-order chi connectivity index (χ1) is 14.0. The Bertz CT molecular complexity index is 877. The van der Waals surface area contributed by atoms with Crippen molar-refractivity contribution in [2.45, 2.75) is 40.4 Å². The number of rotatable bonds is 9. The monoisotopic (exact) mass is 389 g/mol. The molecular formula is C24H31N5. The van der Waals surface area contributed by atoms with Crippen LogP contribution in [0.1, 0.15) is 33.8 Å². The Kier molecular flexibility index (Phi) is 7.44. The average molecular weight is 390 g/mol. The number of likely N-dealkylation sites (N-methyl/N-ethyl adjacent to an activating group) is 1. The summed E-state index contributed by atoms with van der Waals surface area (Å²) in [5.74, 6) is 0. The first-order valence-corrected chi connectivity index (χ1v) is 10.1. The Hall–Kier alpha value is -2.63. The van der Waals surface area contributed by atoms with Crippen LogP contribution in [0.3, 0.4) is 0 Å². The smallest absolute Gasteiger partial charge is 0.0546 e. The van der Waals surface area contributed by atoms with Crippen molar-refractivity contribution in [3.63, 3.8) is 0 Å². The topological polar surface area (TPSA) is 45.2 Å². The fourth-order valence-corrected chi connectivity index (χ4v) is 3.40. The summed E-state index contributed by atoms with van der Waals surface area (Å²) in [6.07, 6.45) is 5.67. The van der Waals surface area contributed by atoms with Crippen molar-refractivity contribution in [3.05, 3.63) is 88.8 Å². The van der Waals surface area contributed by atoms with Crippen LogP contribution in [0.2, 0.25) is 0 Å². The van der Waals surface area contributed by atoms with Crippen LogP contribution in [-0.2, 0) is 19.6 Å². The molecule has 0 aliphatic carbocycles. The van der Waals surface area contributed by atoms with Gasteiger partial charge >= 0.3 is 0 Å². The van der Waals surface area contributed by atoms with Crippen molar-refractivity contribution < 1.29 is 0 Å². The summed E-state index contributed by atoms with van der Waals surface area (Å²) in [5, 5.41) is 0. The van der Waals surface area contributed by atoms with Gasteiger partial charge in [0.15, 0.2) is 0 Å². The lowest BCUT2D eigenvalue weighted by Gasteiger charge is -2.25. The third-order valence-electron chi connectivity index (χ3n) is 4.92. The fraction of sp³-hybridized carbons (Fsp3) is 0.375. The zero-order chi connectivity index (χ0) is 20.6. The summed E-state index contributed by atoms with van der Waals surface area (Å²) >= 11 is 0. The van der Waals surface area contributed by atoms with E-state index >= 15 is 0 Å². The van der Waals surface area contributed by atoms with Gasteiger partial charge in [-0.25, -0.2) is 0 Å². The van der Waals surface area contributed by atoms with Crippen LogP contribution in [0.25, 0.3) is 0 Å².